The number of methoxy groups -OCH3 is 2. The van der Waals surface area contributed by atoms with Crippen molar-refractivity contribution in [1.29, 1.82) is 0 Å². The van der Waals surface area contributed by atoms with Crippen LogP contribution in [0.1, 0.15) is 69.4 Å². The predicted octanol–water partition coefficient (Wildman–Crippen LogP) is 10.1. The number of H-pyrrole nitrogens is 2. The number of fused-ring (bicyclic) bond motifs is 2. The molecule has 6 aromatic rings. The van der Waals surface area contributed by atoms with Gasteiger partial charge in [-0.3, -0.25) is 9.59 Å². The minimum Gasteiger partial charge on any atom is -0.493 e. The maximum Gasteiger partial charge on any atom is 0.274 e. The first kappa shape index (κ1) is 50.2. The summed E-state index contributed by atoms with van der Waals surface area (Å²) in [6.45, 7) is 20.3. The van der Waals surface area contributed by atoms with Crippen molar-refractivity contribution >= 4 is 92.8 Å². The van der Waals surface area contributed by atoms with E-state index in [9.17, 15) is 9.59 Å². The molecule has 17 nitrogen and oxygen atoms in total. The monoisotopic (exact) mass is 967 g/mol. The summed E-state index contributed by atoms with van der Waals surface area (Å²) in [4.78, 5) is 55.5. The second-order valence-corrected chi connectivity index (χ2v) is 18.2. The number of nitrogens with one attached hydrogen (secondary N) is 4. The number of hydrogen-bond acceptors (Lipinski definition) is 13. The Bertz CT molecular complexity index is 2590. The number of anilines is 2. The number of nitrogens with two attached hydrogens (primary N) is 1. The van der Waals surface area contributed by atoms with Gasteiger partial charge < -0.3 is 55.0 Å². The second kappa shape index (κ2) is 23.5. The number of rotatable bonds is 14. The van der Waals surface area contributed by atoms with Crippen LogP contribution in [0.15, 0.2) is 59.1 Å². The van der Waals surface area contributed by atoms with Crippen LogP contribution in [0.3, 0.4) is 0 Å². The molecule has 0 aliphatic heterocycles. The van der Waals surface area contributed by atoms with E-state index in [1.54, 1.807) is 50.9 Å². The van der Waals surface area contributed by atoms with Crippen molar-refractivity contribution in [3.63, 3.8) is 0 Å². The van der Waals surface area contributed by atoms with E-state index in [-0.39, 0.29) is 54.0 Å². The van der Waals surface area contributed by atoms with Crippen LogP contribution in [-0.2, 0) is 9.59 Å². The summed E-state index contributed by atoms with van der Waals surface area (Å²) in [6, 6.07) is 11.0. The number of nitrogens with zero attached hydrogens (tertiary/aromatic N) is 6. The number of aromatic nitrogens is 6. The van der Waals surface area contributed by atoms with E-state index in [1.807, 2.05) is 26.0 Å². The summed E-state index contributed by atoms with van der Waals surface area (Å²) in [7, 11) is 3.21. The van der Waals surface area contributed by atoms with Gasteiger partial charge in [-0.15, -0.1) is 22.4 Å². The molecule has 352 valence electrons. The van der Waals surface area contributed by atoms with E-state index in [1.165, 1.54) is 23.5 Å². The number of imidazole rings is 2. The van der Waals surface area contributed by atoms with Gasteiger partial charge in [-0.05, 0) is 95.4 Å². The first-order chi connectivity index (χ1) is 31.9. The molecule has 0 spiro atoms. The smallest absolute Gasteiger partial charge is 0.274 e. The molecule has 2 saturated carbocycles. The van der Waals surface area contributed by atoms with Gasteiger partial charge >= 0.3 is 0 Å². The molecule has 2 amide bonds. The third-order valence-corrected chi connectivity index (χ3v) is 13.2. The van der Waals surface area contributed by atoms with Crippen molar-refractivity contribution in [3.8, 4) is 23.0 Å². The van der Waals surface area contributed by atoms with Crippen molar-refractivity contribution in [1.82, 2.24) is 29.9 Å². The number of benzene rings is 2. The number of aryl methyl sites for hydroxylation is 2. The maximum atomic E-state index is 12.6. The number of aromatic amines is 2. The number of ether oxygens (including phenoxy) is 4. The van der Waals surface area contributed by atoms with Crippen molar-refractivity contribution in [2.24, 2.45) is 11.7 Å². The van der Waals surface area contributed by atoms with Crippen molar-refractivity contribution < 1.29 is 28.5 Å². The van der Waals surface area contributed by atoms with Gasteiger partial charge in [0.1, 0.15) is 23.4 Å². The Morgan fingerprint density at radius 1 is 0.701 bits per heavy atom. The van der Waals surface area contributed by atoms with E-state index in [4.69, 9.17) is 37.8 Å². The van der Waals surface area contributed by atoms with E-state index in [2.05, 4.69) is 57.2 Å². The lowest BCUT2D eigenvalue weighted by Gasteiger charge is -2.27. The molecule has 67 heavy (non-hydrogen) atoms. The summed E-state index contributed by atoms with van der Waals surface area (Å²) in [6.07, 6.45) is 11.5. The molecule has 2 aliphatic rings. The summed E-state index contributed by atoms with van der Waals surface area (Å²) >= 11 is 2.58. The summed E-state index contributed by atoms with van der Waals surface area (Å²) in [5.41, 5.74) is 11.6. The molecular weight excluding hydrogens is 914 g/mol. The zero-order chi connectivity index (χ0) is 46.7. The molecular formula is C47H54ClN11O6S2. The van der Waals surface area contributed by atoms with Crippen molar-refractivity contribution in [3.05, 3.63) is 82.8 Å². The number of hydrogen-bond donors (Lipinski definition) is 5. The van der Waals surface area contributed by atoms with Crippen LogP contribution in [0.2, 0.25) is 0 Å². The molecule has 2 fully saturated rings. The van der Waals surface area contributed by atoms with Gasteiger partial charge in [0.2, 0.25) is 11.8 Å². The van der Waals surface area contributed by atoms with Crippen molar-refractivity contribution in [2.45, 2.75) is 101 Å². The van der Waals surface area contributed by atoms with Gasteiger partial charge in [0.15, 0.2) is 33.3 Å². The molecule has 0 saturated heterocycles. The van der Waals surface area contributed by atoms with Crippen molar-refractivity contribution in [2.75, 3.05) is 36.4 Å². The molecule has 0 radical (unpaired) electrons. The predicted molar refractivity (Wildman–Crippen MR) is 265 cm³/mol. The van der Waals surface area contributed by atoms with Crippen LogP contribution in [0.5, 0.6) is 23.0 Å². The average Bonchev–Trinajstić information content (AvgIpc) is 3.95. The number of thioether (sulfide) groups is 2. The van der Waals surface area contributed by atoms with Crippen LogP contribution >= 0.6 is 35.9 Å². The molecule has 0 unspecified atom stereocenters. The Labute approximate surface area is 403 Å². The van der Waals surface area contributed by atoms with Crippen LogP contribution < -0.4 is 35.3 Å². The lowest BCUT2D eigenvalue weighted by molar-refractivity contribution is -0.114. The number of carbonyl (C=O) groups is 2. The first-order valence-corrected chi connectivity index (χ1v) is 23.7. The van der Waals surface area contributed by atoms with E-state index in [0.29, 0.717) is 67.4 Å². The SMILES string of the molecule is Cl.[C-]#[N+]c1ncc2[nH]c(SCC(=O)Nc3ccc(OC)c(OC4CCC(C)CC4)c3)nc2c1C.[C-]#[N+]c1ncc2[nH]c(SCC(=O)Nc3ccc(OC)c(OC4CCC(N)CC4)c3)nc2c1C. The average molecular weight is 969 g/mol. The molecule has 6 N–H and O–H groups in total. The lowest BCUT2D eigenvalue weighted by Crippen LogP contribution is -2.31. The highest BCUT2D eigenvalue weighted by atomic mass is 35.5. The third kappa shape index (κ3) is 13.0. The Hall–Kier alpha value is -6.25. The van der Waals surface area contributed by atoms with E-state index < -0.39 is 0 Å². The largest absolute Gasteiger partial charge is 0.493 e. The third-order valence-electron chi connectivity index (χ3n) is 11.5. The fourth-order valence-corrected chi connectivity index (χ4v) is 9.13. The van der Waals surface area contributed by atoms with Crippen LogP contribution in [0.25, 0.3) is 31.8 Å². The standard InChI is InChI=1S/C24H27N5O3S.C23H26N6O3S.ClH/c1-14-5-8-17(9-6-14)32-20-11-16(7-10-19(20)31-4)27-21(30)13-33-24-28-18-12-26-23(25-3)15(2)22(18)29-24;1-13-21-17(11-26-22(13)25-2)28-23(29-21)33-12-20(30)27-15-6-9-18(31-3)19(10-15)32-16-7-4-14(24)5-8-16;/h7,10-12,14,17H,5-6,8-9,13H2,1-2,4H3,(H,27,30)(H,28,29);6,9-11,14,16H,4-5,7-8,12,24H2,1,3H3,(H,27,30)(H,28,29);1H. The van der Waals surface area contributed by atoms with E-state index in [0.717, 1.165) is 79.4 Å². The topological polar surface area (TPSA) is 213 Å². The quantitative estimate of drug-likeness (QED) is 0.0508. The maximum absolute atomic E-state index is 12.6. The molecule has 20 heteroatoms. The molecule has 0 bridgehead atoms. The van der Waals surface area contributed by atoms with Gasteiger partial charge in [-0.2, -0.15) is 0 Å². The first-order valence-electron chi connectivity index (χ1n) is 21.7. The normalized spacial score (nSPS) is 17.7. The Balaban J connectivity index is 0.000000218. The van der Waals surface area contributed by atoms with Crippen LogP contribution in [-0.4, -0.2) is 85.7 Å². The second-order valence-electron chi connectivity index (χ2n) is 16.3. The molecule has 4 aromatic heterocycles. The number of halogens is 1. The number of pyridine rings is 2. The number of amides is 2. The molecule has 8 rings (SSSR count). The fraction of sp³-hybridized carbons (Fsp3) is 0.404. The van der Waals surface area contributed by atoms with Gasteiger partial charge in [0.25, 0.3) is 11.6 Å². The summed E-state index contributed by atoms with van der Waals surface area (Å²) in [5, 5.41) is 7.03. The highest BCUT2D eigenvalue weighted by Crippen LogP contribution is 2.36. The minimum atomic E-state index is -0.170. The van der Waals surface area contributed by atoms with Gasteiger partial charge in [-0.25, -0.2) is 9.97 Å². The van der Waals surface area contributed by atoms with E-state index >= 15 is 0 Å². The zero-order valence-corrected chi connectivity index (χ0v) is 40.4. The highest BCUT2D eigenvalue weighted by molar-refractivity contribution is 8.00. The van der Waals surface area contributed by atoms with Gasteiger partial charge in [0.05, 0.1) is 49.0 Å². The van der Waals surface area contributed by atoms with Gasteiger partial charge in [0, 0.05) is 40.7 Å². The molecule has 0 atom stereocenters. The van der Waals surface area contributed by atoms with Crippen LogP contribution in [0.4, 0.5) is 23.0 Å². The summed E-state index contributed by atoms with van der Waals surface area (Å²) < 4.78 is 23.3. The highest BCUT2D eigenvalue weighted by Gasteiger charge is 2.23. The number of carbonyl (C=O) groups excluding carboxylic acids is 2. The summed E-state index contributed by atoms with van der Waals surface area (Å²) in [5.74, 6) is 4.00. The Morgan fingerprint density at radius 3 is 1.52 bits per heavy atom. The Kier molecular flexibility index (Phi) is 17.6. The molecule has 4 heterocycles. The lowest BCUT2D eigenvalue weighted by atomic mass is 9.89. The Morgan fingerprint density at radius 2 is 1.12 bits per heavy atom. The minimum absolute atomic E-state index is 0. The molecule has 2 aromatic carbocycles. The van der Waals surface area contributed by atoms with Crippen LogP contribution in [0, 0.1) is 32.9 Å². The van der Waals surface area contributed by atoms with Gasteiger partial charge in [-0.1, -0.05) is 43.6 Å². The fourth-order valence-electron chi connectivity index (χ4n) is 7.77. The molecule has 2 aliphatic carbocycles. The zero-order valence-electron chi connectivity index (χ0n) is 37.9.